The summed E-state index contributed by atoms with van der Waals surface area (Å²) in [6, 6.07) is 11.2. The standard InChI is InChI=1S/C24H29NO4/c1-4-23-15-22(2,27)24(28,20-7-5-6-12-25-20)14-18(23)10-8-16-13-17(21(26)29-3)9-11-19(16)23/h5-7,9,11-13,18,27-28H,4,8,10,14-15H2,1-3H3/t18-,22-,23-,24-/m1/s1. The van der Waals surface area contributed by atoms with E-state index in [1.54, 1.807) is 19.2 Å². The number of rotatable bonds is 3. The smallest absolute Gasteiger partial charge is 0.337 e. The SMILES string of the molecule is CC[C@@]12C[C@@](C)(O)[C@](O)(c3ccccn3)C[C@H]1CCc1cc(C(=O)OC)ccc12. The molecule has 1 aromatic heterocycles. The van der Waals surface area contributed by atoms with Gasteiger partial charge in [0.15, 0.2) is 0 Å². The molecule has 0 unspecified atom stereocenters. The Bertz CT molecular complexity index is 926. The average Bonchev–Trinajstić information content (AvgIpc) is 2.74. The zero-order chi connectivity index (χ0) is 20.9. The van der Waals surface area contributed by atoms with Gasteiger partial charge in [0.1, 0.15) is 5.60 Å². The third-order valence-electron chi connectivity index (χ3n) is 7.42. The van der Waals surface area contributed by atoms with Crippen LogP contribution in [0.15, 0.2) is 42.6 Å². The van der Waals surface area contributed by atoms with Crippen molar-refractivity contribution < 1.29 is 19.7 Å². The molecule has 0 bridgehead atoms. The highest BCUT2D eigenvalue weighted by molar-refractivity contribution is 5.89. The third-order valence-corrected chi connectivity index (χ3v) is 7.42. The van der Waals surface area contributed by atoms with Gasteiger partial charge in [-0.3, -0.25) is 4.98 Å². The molecule has 2 aromatic rings. The molecule has 2 N–H and O–H groups in total. The lowest BCUT2D eigenvalue weighted by Crippen LogP contribution is -2.62. The molecule has 1 saturated carbocycles. The Labute approximate surface area is 171 Å². The Morgan fingerprint density at radius 2 is 2.07 bits per heavy atom. The van der Waals surface area contributed by atoms with Crippen LogP contribution in [0.1, 0.15) is 66.7 Å². The predicted molar refractivity (Wildman–Crippen MR) is 110 cm³/mol. The second kappa shape index (κ2) is 6.92. The minimum atomic E-state index is -1.39. The van der Waals surface area contributed by atoms with E-state index in [-0.39, 0.29) is 17.3 Å². The normalized spacial score (nSPS) is 33.5. The number of aryl methyl sites for hydroxylation is 1. The van der Waals surface area contributed by atoms with Crippen LogP contribution in [0.4, 0.5) is 0 Å². The van der Waals surface area contributed by atoms with Crippen molar-refractivity contribution in [1.82, 2.24) is 4.98 Å². The molecule has 0 amide bonds. The highest BCUT2D eigenvalue weighted by Crippen LogP contribution is 2.59. The van der Waals surface area contributed by atoms with E-state index in [1.165, 1.54) is 12.7 Å². The van der Waals surface area contributed by atoms with Crippen LogP contribution in [-0.2, 0) is 22.2 Å². The number of benzene rings is 1. The quantitative estimate of drug-likeness (QED) is 0.778. The molecule has 2 aliphatic rings. The fraction of sp³-hybridized carbons (Fsp3) is 0.500. The predicted octanol–water partition coefficient (Wildman–Crippen LogP) is 3.51. The summed E-state index contributed by atoms with van der Waals surface area (Å²) < 4.78 is 4.88. The van der Waals surface area contributed by atoms with Crippen molar-refractivity contribution in [3.05, 3.63) is 65.0 Å². The van der Waals surface area contributed by atoms with Gasteiger partial charge in [-0.05, 0) is 80.3 Å². The monoisotopic (exact) mass is 395 g/mol. The maximum atomic E-state index is 12.0. The van der Waals surface area contributed by atoms with Gasteiger partial charge in [-0.2, -0.15) is 0 Å². The highest BCUT2D eigenvalue weighted by atomic mass is 16.5. The van der Waals surface area contributed by atoms with E-state index in [9.17, 15) is 15.0 Å². The first-order valence-electron chi connectivity index (χ1n) is 10.4. The summed E-state index contributed by atoms with van der Waals surface area (Å²) in [6.07, 6.45) is 5.16. The molecule has 0 aliphatic heterocycles. The van der Waals surface area contributed by atoms with Crippen molar-refractivity contribution in [3.63, 3.8) is 0 Å². The molecule has 5 nitrogen and oxygen atoms in total. The lowest BCUT2D eigenvalue weighted by Gasteiger charge is -2.58. The molecule has 5 heteroatoms. The van der Waals surface area contributed by atoms with Gasteiger partial charge in [0.25, 0.3) is 0 Å². The van der Waals surface area contributed by atoms with Crippen molar-refractivity contribution in [2.24, 2.45) is 5.92 Å². The number of carbonyl (C=O) groups is 1. The Kier molecular flexibility index (Phi) is 4.79. The largest absolute Gasteiger partial charge is 0.465 e. The lowest BCUT2D eigenvalue weighted by molar-refractivity contribution is -0.207. The van der Waals surface area contributed by atoms with Gasteiger partial charge >= 0.3 is 5.97 Å². The van der Waals surface area contributed by atoms with Gasteiger partial charge in [-0.1, -0.05) is 19.1 Å². The molecule has 0 spiro atoms. The number of hydrogen-bond donors (Lipinski definition) is 2. The van der Waals surface area contributed by atoms with Crippen molar-refractivity contribution in [1.29, 1.82) is 0 Å². The van der Waals surface area contributed by atoms with Gasteiger partial charge in [0.2, 0.25) is 0 Å². The molecule has 29 heavy (non-hydrogen) atoms. The summed E-state index contributed by atoms with van der Waals surface area (Å²) in [5.41, 5.74) is 0.458. The van der Waals surface area contributed by atoms with Crippen molar-refractivity contribution in [2.45, 2.75) is 62.6 Å². The van der Waals surface area contributed by atoms with Crippen molar-refractivity contribution in [2.75, 3.05) is 7.11 Å². The Morgan fingerprint density at radius 3 is 2.72 bits per heavy atom. The third kappa shape index (κ3) is 2.90. The van der Waals surface area contributed by atoms with E-state index in [2.05, 4.69) is 11.9 Å². The molecule has 4 atom stereocenters. The van der Waals surface area contributed by atoms with E-state index in [1.807, 2.05) is 30.3 Å². The van der Waals surface area contributed by atoms with Crippen LogP contribution in [0.3, 0.4) is 0 Å². The molecule has 1 heterocycles. The number of esters is 1. The number of carbonyl (C=O) groups excluding carboxylic acids is 1. The van der Waals surface area contributed by atoms with Gasteiger partial charge in [0, 0.05) is 11.6 Å². The van der Waals surface area contributed by atoms with Crippen LogP contribution in [0, 0.1) is 5.92 Å². The summed E-state index contributed by atoms with van der Waals surface area (Å²) in [7, 11) is 1.39. The summed E-state index contributed by atoms with van der Waals surface area (Å²) in [5, 5.41) is 23.2. The number of aromatic nitrogens is 1. The highest BCUT2D eigenvalue weighted by Gasteiger charge is 2.61. The molecule has 2 aliphatic carbocycles. The summed E-state index contributed by atoms with van der Waals surface area (Å²) in [5.74, 6) is -0.114. The maximum Gasteiger partial charge on any atom is 0.337 e. The first kappa shape index (κ1) is 20.0. The van der Waals surface area contributed by atoms with Crippen LogP contribution < -0.4 is 0 Å². The van der Waals surface area contributed by atoms with Gasteiger partial charge in [-0.15, -0.1) is 0 Å². The first-order chi connectivity index (χ1) is 13.8. The molecule has 1 aromatic carbocycles. The minimum absolute atomic E-state index is 0.219. The Morgan fingerprint density at radius 1 is 1.28 bits per heavy atom. The fourth-order valence-electron chi connectivity index (χ4n) is 5.82. The maximum absolute atomic E-state index is 12.0. The number of pyridine rings is 1. The van der Waals surface area contributed by atoms with Crippen LogP contribution in [0.2, 0.25) is 0 Å². The summed E-state index contributed by atoms with van der Waals surface area (Å²) in [4.78, 5) is 16.4. The number of hydrogen-bond acceptors (Lipinski definition) is 5. The molecular weight excluding hydrogens is 366 g/mol. The average molecular weight is 395 g/mol. The van der Waals surface area contributed by atoms with Crippen LogP contribution >= 0.6 is 0 Å². The molecule has 154 valence electrons. The van der Waals surface area contributed by atoms with Crippen LogP contribution in [-0.4, -0.2) is 33.9 Å². The zero-order valence-electron chi connectivity index (χ0n) is 17.3. The van der Waals surface area contributed by atoms with Crippen LogP contribution in [0.5, 0.6) is 0 Å². The topological polar surface area (TPSA) is 79.7 Å². The zero-order valence-corrected chi connectivity index (χ0v) is 17.3. The summed E-state index contributed by atoms with van der Waals surface area (Å²) in [6.45, 7) is 3.88. The molecule has 0 radical (unpaired) electrons. The summed E-state index contributed by atoms with van der Waals surface area (Å²) >= 11 is 0. The molecule has 4 rings (SSSR count). The molecule has 1 fully saturated rings. The van der Waals surface area contributed by atoms with Crippen molar-refractivity contribution >= 4 is 5.97 Å². The Balaban J connectivity index is 1.79. The van der Waals surface area contributed by atoms with Crippen molar-refractivity contribution in [3.8, 4) is 0 Å². The van der Waals surface area contributed by atoms with E-state index >= 15 is 0 Å². The van der Waals surface area contributed by atoms with E-state index < -0.39 is 11.2 Å². The second-order valence-electron chi connectivity index (χ2n) is 8.84. The second-order valence-corrected chi connectivity index (χ2v) is 8.84. The van der Waals surface area contributed by atoms with Crippen LogP contribution in [0.25, 0.3) is 0 Å². The lowest BCUT2D eigenvalue weighted by atomic mass is 9.49. The minimum Gasteiger partial charge on any atom is -0.465 e. The van der Waals surface area contributed by atoms with E-state index in [0.717, 1.165) is 24.8 Å². The van der Waals surface area contributed by atoms with Gasteiger partial charge in [0.05, 0.1) is 24.0 Å². The number of nitrogens with zero attached hydrogens (tertiary/aromatic N) is 1. The number of methoxy groups -OCH3 is 1. The molecular formula is C24H29NO4. The Hall–Kier alpha value is -2.24. The molecule has 0 saturated heterocycles. The number of ether oxygens (including phenoxy) is 1. The fourth-order valence-corrected chi connectivity index (χ4v) is 5.82. The van der Waals surface area contributed by atoms with Gasteiger partial charge in [-0.25, -0.2) is 4.79 Å². The van der Waals surface area contributed by atoms with Gasteiger partial charge < -0.3 is 14.9 Å². The number of fused-ring (bicyclic) bond motifs is 3. The van der Waals surface area contributed by atoms with E-state index in [0.29, 0.717) is 24.1 Å². The van der Waals surface area contributed by atoms with E-state index in [4.69, 9.17) is 4.74 Å². The first-order valence-corrected chi connectivity index (χ1v) is 10.4. The number of aliphatic hydroxyl groups is 2.